The van der Waals surface area contributed by atoms with Gasteiger partial charge in [0.1, 0.15) is 0 Å². The van der Waals surface area contributed by atoms with Gasteiger partial charge in [0.05, 0.1) is 11.6 Å². The van der Waals surface area contributed by atoms with Gasteiger partial charge in [0.15, 0.2) is 0 Å². The average Bonchev–Trinajstić information content (AvgIpc) is 2.54. The molecular weight excluding hydrogens is 329 g/mol. The van der Waals surface area contributed by atoms with E-state index in [0.29, 0.717) is 11.1 Å². The maximum absolute atomic E-state index is 13.5. The summed E-state index contributed by atoms with van der Waals surface area (Å²) in [5.74, 6) is -0.379. The summed E-state index contributed by atoms with van der Waals surface area (Å²) in [6.07, 6.45) is -4.46. The first-order valence-electron chi connectivity index (χ1n) is 8.00. The minimum Gasteiger partial charge on any atom is -0.353 e. The molecule has 0 spiro atoms. The molecular formula is C19H21F3N2O. The zero-order valence-electron chi connectivity index (χ0n) is 14.1. The molecule has 0 aliphatic heterocycles. The van der Waals surface area contributed by atoms with Gasteiger partial charge < -0.3 is 11.1 Å². The predicted molar refractivity (Wildman–Crippen MR) is 91.8 cm³/mol. The second kappa shape index (κ2) is 7.70. The molecule has 2 aromatic carbocycles. The molecule has 3 nitrogen and oxygen atoms in total. The fourth-order valence-electron chi connectivity index (χ4n) is 2.56. The monoisotopic (exact) mass is 350 g/mol. The molecule has 134 valence electrons. The third-order valence-electron chi connectivity index (χ3n) is 3.70. The van der Waals surface area contributed by atoms with Crippen LogP contribution in [0.25, 0.3) is 11.1 Å². The SMILES string of the molecule is CC(C)NC(=O)C(N)Cc1ccc(-c2ccccc2)c(C(F)(F)F)c1. The van der Waals surface area contributed by atoms with E-state index in [1.807, 2.05) is 0 Å². The summed E-state index contributed by atoms with van der Waals surface area (Å²) in [5.41, 5.74) is 6.05. The van der Waals surface area contributed by atoms with E-state index in [9.17, 15) is 18.0 Å². The van der Waals surface area contributed by atoms with E-state index in [4.69, 9.17) is 5.73 Å². The van der Waals surface area contributed by atoms with Crippen molar-refractivity contribution in [2.45, 2.75) is 38.5 Å². The number of benzene rings is 2. The van der Waals surface area contributed by atoms with Gasteiger partial charge in [-0.2, -0.15) is 13.2 Å². The number of nitrogens with two attached hydrogens (primary N) is 1. The molecule has 1 unspecified atom stereocenters. The summed E-state index contributed by atoms with van der Waals surface area (Å²) in [4.78, 5) is 11.9. The van der Waals surface area contributed by atoms with Crippen LogP contribution >= 0.6 is 0 Å². The number of rotatable bonds is 5. The first-order chi connectivity index (χ1) is 11.7. The van der Waals surface area contributed by atoms with Gasteiger partial charge in [0.2, 0.25) is 5.91 Å². The Morgan fingerprint density at radius 2 is 1.76 bits per heavy atom. The lowest BCUT2D eigenvalue weighted by molar-refractivity contribution is -0.137. The molecule has 2 aromatic rings. The average molecular weight is 350 g/mol. The van der Waals surface area contributed by atoms with Crippen molar-refractivity contribution < 1.29 is 18.0 Å². The van der Waals surface area contributed by atoms with Crippen molar-refractivity contribution in [3.8, 4) is 11.1 Å². The van der Waals surface area contributed by atoms with Crippen LogP contribution in [0.3, 0.4) is 0 Å². The van der Waals surface area contributed by atoms with E-state index in [1.165, 1.54) is 6.07 Å². The third-order valence-corrected chi connectivity index (χ3v) is 3.70. The molecule has 0 saturated heterocycles. The van der Waals surface area contributed by atoms with Gasteiger partial charge in [-0.05, 0) is 43.0 Å². The molecule has 2 rings (SSSR count). The fourth-order valence-corrected chi connectivity index (χ4v) is 2.56. The quantitative estimate of drug-likeness (QED) is 0.862. The summed E-state index contributed by atoms with van der Waals surface area (Å²) in [5, 5.41) is 2.66. The van der Waals surface area contributed by atoms with Crippen molar-refractivity contribution in [3.63, 3.8) is 0 Å². The summed E-state index contributed by atoms with van der Waals surface area (Å²) in [6, 6.07) is 11.5. The molecule has 0 saturated carbocycles. The van der Waals surface area contributed by atoms with Crippen molar-refractivity contribution in [1.82, 2.24) is 5.32 Å². The molecule has 0 heterocycles. The normalized spacial score (nSPS) is 12.9. The number of amides is 1. The van der Waals surface area contributed by atoms with Crippen LogP contribution in [0.5, 0.6) is 0 Å². The van der Waals surface area contributed by atoms with Crippen LogP contribution in [0, 0.1) is 0 Å². The molecule has 3 N–H and O–H groups in total. The molecule has 0 radical (unpaired) electrons. The second-order valence-electron chi connectivity index (χ2n) is 6.22. The second-order valence-corrected chi connectivity index (χ2v) is 6.22. The number of carbonyl (C=O) groups excluding carboxylic acids is 1. The van der Waals surface area contributed by atoms with Crippen molar-refractivity contribution in [2.24, 2.45) is 5.73 Å². The minimum absolute atomic E-state index is 0.0384. The number of hydrogen-bond donors (Lipinski definition) is 2. The lowest BCUT2D eigenvalue weighted by Gasteiger charge is -2.17. The molecule has 25 heavy (non-hydrogen) atoms. The number of alkyl halides is 3. The van der Waals surface area contributed by atoms with Crippen LogP contribution in [0.15, 0.2) is 48.5 Å². The van der Waals surface area contributed by atoms with Crippen LogP contribution in [0.4, 0.5) is 13.2 Å². The van der Waals surface area contributed by atoms with E-state index in [0.717, 1.165) is 6.07 Å². The number of hydrogen-bond acceptors (Lipinski definition) is 2. The van der Waals surface area contributed by atoms with Crippen molar-refractivity contribution >= 4 is 5.91 Å². The van der Waals surface area contributed by atoms with E-state index in [2.05, 4.69) is 5.32 Å². The Labute approximate surface area is 145 Å². The standard InChI is InChI=1S/C19H21F3N2O/c1-12(2)24-18(25)17(23)11-13-8-9-15(14-6-4-3-5-7-14)16(10-13)19(20,21)22/h3-10,12,17H,11,23H2,1-2H3,(H,24,25). The van der Waals surface area contributed by atoms with E-state index >= 15 is 0 Å². The Hall–Kier alpha value is -2.34. The maximum Gasteiger partial charge on any atom is 0.417 e. The predicted octanol–water partition coefficient (Wildman–Crippen LogP) is 3.77. The first-order valence-corrected chi connectivity index (χ1v) is 8.00. The molecule has 1 amide bonds. The summed E-state index contributed by atoms with van der Waals surface area (Å²) >= 11 is 0. The molecule has 0 bridgehead atoms. The lowest BCUT2D eigenvalue weighted by Crippen LogP contribution is -2.44. The van der Waals surface area contributed by atoms with Crippen LogP contribution in [-0.2, 0) is 17.4 Å². The molecule has 6 heteroatoms. The van der Waals surface area contributed by atoms with Gasteiger partial charge in [-0.1, -0.05) is 42.5 Å². The number of carbonyl (C=O) groups is 1. The van der Waals surface area contributed by atoms with Crippen LogP contribution < -0.4 is 11.1 Å². The third kappa shape index (κ3) is 5.06. The van der Waals surface area contributed by atoms with E-state index in [-0.39, 0.29) is 23.9 Å². The first kappa shape index (κ1) is 19.0. The van der Waals surface area contributed by atoms with Gasteiger partial charge in [-0.25, -0.2) is 0 Å². The maximum atomic E-state index is 13.5. The number of nitrogens with one attached hydrogen (secondary N) is 1. The Bertz CT molecular complexity index is 727. The molecule has 0 aromatic heterocycles. The van der Waals surface area contributed by atoms with Crippen LogP contribution in [-0.4, -0.2) is 18.0 Å². The highest BCUT2D eigenvalue weighted by Gasteiger charge is 2.34. The van der Waals surface area contributed by atoms with E-state index in [1.54, 1.807) is 50.2 Å². The smallest absolute Gasteiger partial charge is 0.353 e. The van der Waals surface area contributed by atoms with Crippen LogP contribution in [0.2, 0.25) is 0 Å². The Balaban J connectivity index is 2.32. The number of halogens is 3. The van der Waals surface area contributed by atoms with Gasteiger partial charge in [0, 0.05) is 6.04 Å². The Morgan fingerprint density at radius 3 is 2.32 bits per heavy atom. The van der Waals surface area contributed by atoms with Crippen LogP contribution in [0.1, 0.15) is 25.0 Å². The van der Waals surface area contributed by atoms with Crippen molar-refractivity contribution in [2.75, 3.05) is 0 Å². The lowest BCUT2D eigenvalue weighted by atomic mass is 9.95. The fraction of sp³-hybridized carbons (Fsp3) is 0.316. The van der Waals surface area contributed by atoms with Gasteiger partial charge in [-0.3, -0.25) is 4.79 Å². The highest BCUT2D eigenvalue weighted by Crippen LogP contribution is 2.37. The van der Waals surface area contributed by atoms with Crippen molar-refractivity contribution in [3.05, 3.63) is 59.7 Å². The molecule has 0 fully saturated rings. The van der Waals surface area contributed by atoms with Gasteiger partial charge in [0.25, 0.3) is 0 Å². The summed E-state index contributed by atoms with van der Waals surface area (Å²) in [6.45, 7) is 3.59. The Morgan fingerprint density at radius 1 is 1.12 bits per heavy atom. The van der Waals surface area contributed by atoms with E-state index < -0.39 is 17.8 Å². The summed E-state index contributed by atoms with van der Waals surface area (Å²) < 4.78 is 40.4. The minimum atomic E-state index is -4.49. The topological polar surface area (TPSA) is 55.1 Å². The zero-order valence-corrected chi connectivity index (χ0v) is 14.1. The highest BCUT2D eigenvalue weighted by molar-refractivity contribution is 5.82. The van der Waals surface area contributed by atoms with Gasteiger partial charge >= 0.3 is 6.18 Å². The highest BCUT2D eigenvalue weighted by atomic mass is 19.4. The van der Waals surface area contributed by atoms with Gasteiger partial charge in [-0.15, -0.1) is 0 Å². The van der Waals surface area contributed by atoms with Crippen molar-refractivity contribution in [1.29, 1.82) is 0 Å². The molecule has 0 aliphatic carbocycles. The molecule has 1 atom stereocenters. The largest absolute Gasteiger partial charge is 0.417 e. The summed E-state index contributed by atoms with van der Waals surface area (Å²) in [7, 11) is 0. The Kier molecular flexibility index (Phi) is 5.85. The zero-order chi connectivity index (χ0) is 18.6. The molecule has 0 aliphatic rings.